The Morgan fingerprint density at radius 2 is 1.50 bits per heavy atom. The number of rotatable bonds is 7. The highest BCUT2D eigenvalue weighted by Gasteiger charge is 2.38. The highest BCUT2D eigenvalue weighted by Crippen LogP contribution is 2.37. The van der Waals surface area contributed by atoms with Gasteiger partial charge >= 0.3 is 0 Å². The van der Waals surface area contributed by atoms with Crippen molar-refractivity contribution in [3.63, 3.8) is 0 Å². The molecule has 32 heavy (non-hydrogen) atoms. The van der Waals surface area contributed by atoms with Gasteiger partial charge in [0.15, 0.2) is 0 Å². The van der Waals surface area contributed by atoms with E-state index in [1.165, 1.54) is 11.1 Å². The first-order chi connectivity index (χ1) is 15.7. The maximum atomic E-state index is 12.5. The molecule has 5 heteroatoms. The van der Waals surface area contributed by atoms with Gasteiger partial charge in [0.25, 0.3) is 5.91 Å². The number of benzene rings is 3. The van der Waals surface area contributed by atoms with E-state index < -0.39 is 0 Å². The van der Waals surface area contributed by atoms with Crippen LogP contribution in [0.15, 0.2) is 91.0 Å². The molecule has 1 amide bonds. The number of amides is 1. The fourth-order valence-corrected chi connectivity index (χ4v) is 5.54. The summed E-state index contributed by atoms with van der Waals surface area (Å²) < 4.78 is 0. The third-order valence-electron chi connectivity index (χ3n) is 6.31. The van der Waals surface area contributed by atoms with E-state index in [9.17, 15) is 4.79 Å². The van der Waals surface area contributed by atoms with Crippen LogP contribution in [0.4, 0.5) is 0 Å². The zero-order valence-electron chi connectivity index (χ0n) is 18.4. The number of hydrogen-bond donors (Lipinski definition) is 2. The van der Waals surface area contributed by atoms with Crippen molar-refractivity contribution in [1.82, 2.24) is 10.2 Å². The lowest BCUT2D eigenvalue weighted by Crippen LogP contribution is -2.56. The Bertz CT molecular complexity index is 944. The second-order valence-corrected chi connectivity index (χ2v) is 9.41. The standard InChI is InChI=1S/C27H31N3OS/c1-32-24-19-30(26(20-11-5-2-6-12-20)21-13-7-3-8-14-21)25(28)17-23(24)18-29-27(31)22-15-9-4-10-16-22/h2-16,23-26H,17-19,28H2,1H3,(H,29,31). The summed E-state index contributed by atoms with van der Waals surface area (Å²) in [5.41, 5.74) is 9.99. The number of nitrogens with one attached hydrogen (secondary N) is 1. The molecule has 0 spiro atoms. The molecule has 3 N–H and O–H groups in total. The Hall–Kier alpha value is -2.60. The van der Waals surface area contributed by atoms with Gasteiger partial charge in [0, 0.05) is 23.9 Å². The molecule has 1 aliphatic rings. The topological polar surface area (TPSA) is 58.4 Å². The number of nitrogens with two attached hydrogens (primary N) is 1. The lowest BCUT2D eigenvalue weighted by atomic mass is 9.89. The highest BCUT2D eigenvalue weighted by atomic mass is 32.2. The number of hydrogen-bond acceptors (Lipinski definition) is 4. The van der Waals surface area contributed by atoms with E-state index in [0.29, 0.717) is 23.3 Å². The molecule has 0 aliphatic carbocycles. The van der Waals surface area contributed by atoms with Gasteiger partial charge in [-0.3, -0.25) is 9.69 Å². The highest BCUT2D eigenvalue weighted by molar-refractivity contribution is 7.99. The van der Waals surface area contributed by atoms with E-state index in [-0.39, 0.29) is 18.1 Å². The van der Waals surface area contributed by atoms with Crippen LogP contribution in [0.2, 0.25) is 0 Å². The summed E-state index contributed by atoms with van der Waals surface area (Å²) in [4.78, 5) is 15.0. The summed E-state index contributed by atoms with van der Waals surface area (Å²) in [5.74, 6) is 0.309. The third-order valence-corrected chi connectivity index (χ3v) is 7.45. The Morgan fingerprint density at radius 1 is 0.969 bits per heavy atom. The summed E-state index contributed by atoms with van der Waals surface area (Å²) in [5, 5.41) is 3.52. The fourth-order valence-electron chi connectivity index (χ4n) is 4.63. The summed E-state index contributed by atoms with van der Waals surface area (Å²) in [6.45, 7) is 1.52. The van der Waals surface area contributed by atoms with E-state index in [2.05, 4.69) is 77.1 Å². The molecule has 0 radical (unpaired) electrons. The van der Waals surface area contributed by atoms with Crippen LogP contribution in [0.25, 0.3) is 0 Å². The molecule has 3 atom stereocenters. The van der Waals surface area contributed by atoms with Gasteiger partial charge in [-0.1, -0.05) is 78.9 Å². The SMILES string of the molecule is CSC1CN(C(c2ccccc2)c2ccccc2)C(N)CC1CNC(=O)c1ccccc1. The van der Waals surface area contributed by atoms with Gasteiger partial charge in [0.1, 0.15) is 0 Å². The molecule has 1 heterocycles. The minimum Gasteiger partial charge on any atom is -0.352 e. The molecule has 0 aromatic heterocycles. The molecule has 1 saturated heterocycles. The van der Waals surface area contributed by atoms with Gasteiger partial charge in [-0.25, -0.2) is 0 Å². The molecule has 0 bridgehead atoms. The van der Waals surface area contributed by atoms with Crippen LogP contribution in [-0.4, -0.2) is 41.6 Å². The van der Waals surface area contributed by atoms with Crippen molar-refractivity contribution in [3.8, 4) is 0 Å². The zero-order valence-corrected chi connectivity index (χ0v) is 19.2. The Morgan fingerprint density at radius 3 is 2.03 bits per heavy atom. The molecule has 1 aliphatic heterocycles. The minimum atomic E-state index is -0.0811. The van der Waals surface area contributed by atoms with E-state index in [4.69, 9.17) is 5.73 Å². The van der Waals surface area contributed by atoms with E-state index in [0.717, 1.165) is 13.0 Å². The van der Waals surface area contributed by atoms with Gasteiger partial charge in [0.2, 0.25) is 0 Å². The number of nitrogens with zero attached hydrogens (tertiary/aromatic N) is 1. The van der Waals surface area contributed by atoms with Crippen molar-refractivity contribution >= 4 is 17.7 Å². The first-order valence-electron chi connectivity index (χ1n) is 11.1. The number of piperidine rings is 1. The summed E-state index contributed by atoms with van der Waals surface area (Å²) in [6.07, 6.45) is 2.92. The maximum absolute atomic E-state index is 12.5. The molecule has 0 saturated carbocycles. The lowest BCUT2D eigenvalue weighted by Gasteiger charge is -2.46. The number of likely N-dealkylation sites (tertiary alicyclic amines) is 1. The average molecular weight is 446 g/mol. The summed E-state index contributed by atoms with van der Waals surface area (Å²) in [6, 6.07) is 30.7. The van der Waals surface area contributed by atoms with Crippen molar-refractivity contribution < 1.29 is 4.79 Å². The van der Waals surface area contributed by atoms with Gasteiger partial charge in [-0.15, -0.1) is 0 Å². The first-order valence-corrected chi connectivity index (χ1v) is 12.4. The monoisotopic (exact) mass is 445 g/mol. The summed E-state index contributed by atoms with van der Waals surface area (Å²) >= 11 is 1.87. The Kier molecular flexibility index (Phi) is 7.63. The van der Waals surface area contributed by atoms with Crippen molar-refractivity contribution in [3.05, 3.63) is 108 Å². The van der Waals surface area contributed by atoms with E-state index >= 15 is 0 Å². The van der Waals surface area contributed by atoms with Crippen LogP contribution < -0.4 is 11.1 Å². The Labute approximate surface area is 195 Å². The molecular weight excluding hydrogens is 414 g/mol. The normalized spacial score (nSPS) is 21.4. The van der Waals surface area contributed by atoms with E-state index in [1.807, 2.05) is 42.1 Å². The molecule has 3 unspecified atom stereocenters. The predicted octanol–water partition coefficient (Wildman–Crippen LogP) is 4.54. The molecular formula is C27H31N3OS. The minimum absolute atomic E-state index is 0.0205. The van der Waals surface area contributed by atoms with Crippen LogP contribution in [0.3, 0.4) is 0 Å². The molecule has 4 rings (SSSR count). The fraction of sp³-hybridized carbons (Fsp3) is 0.296. The quantitative estimate of drug-likeness (QED) is 0.560. The smallest absolute Gasteiger partial charge is 0.251 e. The molecule has 3 aromatic carbocycles. The second kappa shape index (κ2) is 10.8. The van der Waals surface area contributed by atoms with Crippen LogP contribution in [0.1, 0.15) is 33.9 Å². The average Bonchev–Trinajstić information content (AvgIpc) is 2.85. The van der Waals surface area contributed by atoms with Gasteiger partial charge in [-0.2, -0.15) is 11.8 Å². The Balaban J connectivity index is 1.51. The van der Waals surface area contributed by atoms with E-state index in [1.54, 1.807) is 0 Å². The van der Waals surface area contributed by atoms with Crippen molar-refractivity contribution in [2.75, 3.05) is 19.3 Å². The van der Waals surface area contributed by atoms with Gasteiger partial charge in [-0.05, 0) is 41.9 Å². The maximum Gasteiger partial charge on any atom is 0.251 e. The lowest BCUT2D eigenvalue weighted by molar-refractivity contribution is 0.0831. The van der Waals surface area contributed by atoms with Crippen LogP contribution in [-0.2, 0) is 0 Å². The largest absolute Gasteiger partial charge is 0.352 e. The number of thioether (sulfide) groups is 1. The van der Waals surface area contributed by atoms with Crippen molar-refractivity contribution in [1.29, 1.82) is 0 Å². The van der Waals surface area contributed by atoms with Crippen LogP contribution in [0, 0.1) is 5.92 Å². The number of carbonyl (C=O) groups excluding carboxylic acids is 1. The second-order valence-electron chi connectivity index (χ2n) is 8.33. The van der Waals surface area contributed by atoms with Crippen molar-refractivity contribution in [2.45, 2.75) is 23.9 Å². The van der Waals surface area contributed by atoms with Gasteiger partial charge in [0.05, 0.1) is 12.2 Å². The van der Waals surface area contributed by atoms with Crippen molar-refractivity contribution in [2.24, 2.45) is 11.7 Å². The molecule has 3 aromatic rings. The number of carbonyl (C=O) groups is 1. The van der Waals surface area contributed by atoms with Crippen LogP contribution >= 0.6 is 11.8 Å². The first kappa shape index (κ1) is 22.6. The third kappa shape index (κ3) is 5.23. The molecule has 1 fully saturated rings. The van der Waals surface area contributed by atoms with Crippen LogP contribution in [0.5, 0.6) is 0 Å². The summed E-state index contributed by atoms with van der Waals surface area (Å²) in [7, 11) is 0. The van der Waals surface area contributed by atoms with Gasteiger partial charge < -0.3 is 11.1 Å². The predicted molar refractivity (Wildman–Crippen MR) is 134 cm³/mol. The molecule has 4 nitrogen and oxygen atoms in total. The zero-order chi connectivity index (χ0) is 22.3. The molecule has 166 valence electrons.